The van der Waals surface area contributed by atoms with Crippen LogP contribution in [-0.2, 0) is 0 Å². The van der Waals surface area contributed by atoms with Gasteiger partial charge in [-0.15, -0.1) is 0 Å². The molecule has 0 aromatic carbocycles. The minimum Gasteiger partial charge on any atom is -0.297 e. The van der Waals surface area contributed by atoms with Crippen LogP contribution in [0.1, 0.15) is 19.8 Å². The van der Waals surface area contributed by atoms with Gasteiger partial charge in [-0.1, -0.05) is 6.92 Å². The molecule has 0 aliphatic carbocycles. The minimum atomic E-state index is -0.530. The first-order chi connectivity index (χ1) is 4.75. The number of hydrogen-bond acceptors (Lipinski definition) is 1. The molecule has 2 heterocycles. The lowest BCUT2D eigenvalue weighted by atomic mass is 10.1. The van der Waals surface area contributed by atoms with Crippen LogP contribution >= 0.6 is 0 Å². The molecule has 0 spiro atoms. The van der Waals surface area contributed by atoms with Crippen LogP contribution in [-0.4, -0.2) is 30.2 Å². The number of alkyl halides is 1. The van der Waals surface area contributed by atoms with E-state index in [-0.39, 0.29) is 0 Å². The summed E-state index contributed by atoms with van der Waals surface area (Å²) >= 11 is 0. The van der Waals surface area contributed by atoms with Crippen molar-refractivity contribution in [3.05, 3.63) is 0 Å². The monoisotopic (exact) mass is 143 g/mol. The van der Waals surface area contributed by atoms with E-state index < -0.39 is 6.17 Å². The van der Waals surface area contributed by atoms with Gasteiger partial charge in [0.1, 0.15) is 6.17 Å². The SMILES string of the molecule is C[C@H]1CC2C[C@@H](F)CN2C1. The highest BCUT2D eigenvalue weighted by Crippen LogP contribution is 2.32. The molecule has 2 rings (SSSR count). The zero-order chi connectivity index (χ0) is 7.14. The molecule has 0 bridgehead atoms. The maximum atomic E-state index is 12.7. The molecule has 2 fully saturated rings. The second kappa shape index (κ2) is 2.19. The second-order valence-corrected chi connectivity index (χ2v) is 3.78. The molecular weight excluding hydrogens is 129 g/mol. The van der Waals surface area contributed by atoms with Crippen LogP contribution in [0.15, 0.2) is 0 Å². The number of nitrogens with zero attached hydrogens (tertiary/aromatic N) is 1. The zero-order valence-electron chi connectivity index (χ0n) is 6.39. The molecule has 2 heteroatoms. The fourth-order valence-corrected chi connectivity index (χ4v) is 2.33. The van der Waals surface area contributed by atoms with Gasteiger partial charge in [0.25, 0.3) is 0 Å². The number of halogens is 1. The fourth-order valence-electron chi connectivity index (χ4n) is 2.33. The molecule has 2 aliphatic rings. The number of fused-ring (bicyclic) bond motifs is 1. The molecule has 58 valence electrons. The predicted molar refractivity (Wildman–Crippen MR) is 38.7 cm³/mol. The normalized spacial score (nSPS) is 48.0. The van der Waals surface area contributed by atoms with E-state index in [1.165, 1.54) is 6.42 Å². The summed E-state index contributed by atoms with van der Waals surface area (Å²) in [7, 11) is 0. The summed E-state index contributed by atoms with van der Waals surface area (Å²) < 4.78 is 12.7. The van der Waals surface area contributed by atoms with Gasteiger partial charge >= 0.3 is 0 Å². The van der Waals surface area contributed by atoms with Crippen molar-refractivity contribution >= 4 is 0 Å². The van der Waals surface area contributed by atoms with Crippen LogP contribution in [0.25, 0.3) is 0 Å². The first-order valence-corrected chi connectivity index (χ1v) is 4.14. The quantitative estimate of drug-likeness (QED) is 0.496. The smallest absolute Gasteiger partial charge is 0.114 e. The van der Waals surface area contributed by atoms with E-state index in [0.717, 1.165) is 18.9 Å². The van der Waals surface area contributed by atoms with Crippen LogP contribution < -0.4 is 0 Å². The molecule has 10 heavy (non-hydrogen) atoms. The third-order valence-electron chi connectivity index (χ3n) is 2.70. The molecule has 0 aromatic rings. The Labute approximate surface area is 61.2 Å². The van der Waals surface area contributed by atoms with E-state index in [1.807, 2.05) is 0 Å². The van der Waals surface area contributed by atoms with E-state index in [1.54, 1.807) is 0 Å². The summed E-state index contributed by atoms with van der Waals surface area (Å²) in [6.45, 7) is 4.09. The van der Waals surface area contributed by atoms with Gasteiger partial charge in [0, 0.05) is 19.1 Å². The van der Waals surface area contributed by atoms with Gasteiger partial charge in [0.2, 0.25) is 0 Å². The summed E-state index contributed by atoms with van der Waals surface area (Å²) in [5.74, 6) is 0.803. The third kappa shape index (κ3) is 0.947. The molecule has 1 unspecified atom stereocenters. The molecular formula is C8H14FN. The zero-order valence-corrected chi connectivity index (χ0v) is 6.39. The van der Waals surface area contributed by atoms with Crippen LogP contribution in [0.5, 0.6) is 0 Å². The summed E-state index contributed by atoms with van der Waals surface area (Å²) in [4.78, 5) is 2.30. The highest BCUT2D eigenvalue weighted by atomic mass is 19.1. The Morgan fingerprint density at radius 2 is 2.10 bits per heavy atom. The van der Waals surface area contributed by atoms with Gasteiger partial charge in [-0.2, -0.15) is 0 Å². The van der Waals surface area contributed by atoms with E-state index in [2.05, 4.69) is 11.8 Å². The summed E-state index contributed by atoms with van der Waals surface area (Å²) in [5, 5.41) is 0. The highest BCUT2D eigenvalue weighted by molar-refractivity contribution is 4.92. The lowest BCUT2D eigenvalue weighted by Gasteiger charge is -2.11. The first-order valence-electron chi connectivity index (χ1n) is 4.14. The first kappa shape index (κ1) is 6.59. The van der Waals surface area contributed by atoms with Crippen molar-refractivity contribution in [3.8, 4) is 0 Å². The van der Waals surface area contributed by atoms with Gasteiger partial charge in [0.05, 0.1) is 0 Å². The molecule has 0 amide bonds. The summed E-state index contributed by atoms with van der Waals surface area (Å²) in [6, 6.07) is 0.588. The average molecular weight is 143 g/mol. The van der Waals surface area contributed by atoms with Crippen LogP contribution in [0.4, 0.5) is 4.39 Å². The van der Waals surface area contributed by atoms with Gasteiger partial charge in [-0.05, 0) is 18.8 Å². The Morgan fingerprint density at radius 1 is 1.30 bits per heavy atom. The van der Waals surface area contributed by atoms with E-state index in [9.17, 15) is 4.39 Å². The maximum Gasteiger partial charge on any atom is 0.114 e. The lowest BCUT2D eigenvalue weighted by Crippen LogP contribution is -2.23. The Bertz CT molecular complexity index is 109. The van der Waals surface area contributed by atoms with E-state index in [4.69, 9.17) is 0 Å². The maximum absolute atomic E-state index is 12.7. The van der Waals surface area contributed by atoms with Crippen molar-refractivity contribution in [2.45, 2.75) is 32.0 Å². The van der Waals surface area contributed by atoms with E-state index in [0.29, 0.717) is 12.6 Å². The van der Waals surface area contributed by atoms with Crippen molar-refractivity contribution in [2.24, 2.45) is 5.92 Å². The topological polar surface area (TPSA) is 3.24 Å². The predicted octanol–water partition coefficient (Wildman–Crippen LogP) is 1.44. The molecule has 2 saturated heterocycles. The van der Waals surface area contributed by atoms with Crippen molar-refractivity contribution in [3.63, 3.8) is 0 Å². The van der Waals surface area contributed by atoms with Crippen molar-refractivity contribution < 1.29 is 4.39 Å². The Morgan fingerprint density at radius 3 is 2.80 bits per heavy atom. The molecule has 3 atom stereocenters. The van der Waals surface area contributed by atoms with Crippen molar-refractivity contribution in [1.29, 1.82) is 0 Å². The van der Waals surface area contributed by atoms with Gasteiger partial charge in [-0.3, -0.25) is 4.90 Å². The van der Waals surface area contributed by atoms with Gasteiger partial charge < -0.3 is 0 Å². The Hall–Kier alpha value is -0.110. The summed E-state index contributed by atoms with van der Waals surface area (Å²) in [6.07, 6.45) is 1.49. The number of hydrogen-bond donors (Lipinski definition) is 0. The van der Waals surface area contributed by atoms with Crippen LogP contribution in [0.2, 0.25) is 0 Å². The van der Waals surface area contributed by atoms with Crippen molar-refractivity contribution in [1.82, 2.24) is 4.90 Å². The Balaban J connectivity index is 2.00. The molecule has 0 aromatic heterocycles. The van der Waals surface area contributed by atoms with Crippen LogP contribution in [0.3, 0.4) is 0 Å². The standard InChI is InChI=1S/C8H14FN/c1-6-2-8-3-7(9)5-10(8)4-6/h6-8H,2-5H2,1H3/t6-,7+,8?/m0/s1. The van der Waals surface area contributed by atoms with Crippen LogP contribution in [0, 0.1) is 5.92 Å². The molecule has 0 saturated carbocycles. The minimum absolute atomic E-state index is 0.530. The average Bonchev–Trinajstić information content (AvgIpc) is 2.21. The summed E-state index contributed by atoms with van der Waals surface area (Å²) in [5.41, 5.74) is 0. The lowest BCUT2D eigenvalue weighted by molar-refractivity contribution is 0.284. The molecule has 0 radical (unpaired) electrons. The molecule has 2 aliphatic heterocycles. The van der Waals surface area contributed by atoms with Gasteiger partial charge in [0.15, 0.2) is 0 Å². The fraction of sp³-hybridized carbons (Fsp3) is 1.00. The third-order valence-corrected chi connectivity index (χ3v) is 2.70. The van der Waals surface area contributed by atoms with Crippen molar-refractivity contribution in [2.75, 3.05) is 13.1 Å². The highest BCUT2D eigenvalue weighted by Gasteiger charge is 2.37. The van der Waals surface area contributed by atoms with Gasteiger partial charge in [-0.25, -0.2) is 4.39 Å². The van der Waals surface area contributed by atoms with E-state index >= 15 is 0 Å². The molecule has 0 N–H and O–H groups in total. The molecule has 1 nitrogen and oxygen atoms in total. The largest absolute Gasteiger partial charge is 0.297 e. The second-order valence-electron chi connectivity index (χ2n) is 3.78. The Kier molecular flexibility index (Phi) is 1.44. The number of rotatable bonds is 0.